The number of benzene rings is 4. The SMILES string of the molecule is c1ccc(/N=C(\c2ccccc2)c2cccc(/C(=N/c3ccccc3)c3ccccc3)n2)cc1. The summed E-state index contributed by atoms with van der Waals surface area (Å²) in [5, 5.41) is 0. The number of hydrogen-bond donors (Lipinski definition) is 0. The highest BCUT2D eigenvalue weighted by atomic mass is 14.8. The molecular weight excluding hydrogens is 414 g/mol. The second-order valence-corrected chi connectivity index (χ2v) is 7.73. The van der Waals surface area contributed by atoms with E-state index in [1.165, 1.54) is 0 Å². The first-order valence-electron chi connectivity index (χ1n) is 11.2. The molecule has 5 rings (SSSR count). The minimum Gasteiger partial charge on any atom is -0.246 e. The van der Waals surface area contributed by atoms with Gasteiger partial charge in [-0.1, -0.05) is 103 Å². The van der Waals surface area contributed by atoms with Crippen molar-refractivity contribution in [3.8, 4) is 0 Å². The van der Waals surface area contributed by atoms with E-state index < -0.39 is 0 Å². The van der Waals surface area contributed by atoms with Crippen LogP contribution in [0.25, 0.3) is 0 Å². The molecule has 0 radical (unpaired) electrons. The third-order valence-electron chi connectivity index (χ3n) is 5.32. The first-order chi connectivity index (χ1) is 16.9. The Labute approximate surface area is 199 Å². The maximum Gasteiger partial charge on any atom is 0.0965 e. The van der Waals surface area contributed by atoms with Crippen LogP contribution >= 0.6 is 0 Å². The fraction of sp³-hybridized carbons (Fsp3) is 0. The Morgan fingerprint density at radius 2 is 0.735 bits per heavy atom. The number of nitrogens with zero attached hydrogens (tertiary/aromatic N) is 3. The summed E-state index contributed by atoms with van der Waals surface area (Å²) in [6.07, 6.45) is 0. The van der Waals surface area contributed by atoms with E-state index >= 15 is 0 Å². The zero-order valence-corrected chi connectivity index (χ0v) is 18.6. The van der Waals surface area contributed by atoms with Crippen molar-refractivity contribution in [3.05, 3.63) is 162 Å². The zero-order chi connectivity index (χ0) is 23.0. The van der Waals surface area contributed by atoms with E-state index in [4.69, 9.17) is 15.0 Å². The van der Waals surface area contributed by atoms with E-state index in [0.717, 1.165) is 45.3 Å². The molecule has 34 heavy (non-hydrogen) atoms. The number of para-hydroxylation sites is 2. The van der Waals surface area contributed by atoms with E-state index in [-0.39, 0.29) is 0 Å². The van der Waals surface area contributed by atoms with Crippen molar-refractivity contribution in [1.29, 1.82) is 0 Å². The van der Waals surface area contributed by atoms with Gasteiger partial charge in [-0.25, -0.2) is 15.0 Å². The number of aromatic nitrogens is 1. The first kappa shape index (κ1) is 21.2. The molecular formula is C31H23N3. The van der Waals surface area contributed by atoms with Gasteiger partial charge in [0, 0.05) is 11.1 Å². The van der Waals surface area contributed by atoms with Crippen LogP contribution in [0, 0.1) is 0 Å². The first-order valence-corrected chi connectivity index (χ1v) is 11.2. The van der Waals surface area contributed by atoms with Crippen LogP contribution in [0.3, 0.4) is 0 Å². The predicted molar refractivity (Wildman–Crippen MR) is 141 cm³/mol. The molecule has 0 amide bonds. The summed E-state index contributed by atoms with van der Waals surface area (Å²) in [7, 11) is 0. The number of rotatable bonds is 6. The molecule has 0 aliphatic heterocycles. The molecule has 0 spiro atoms. The van der Waals surface area contributed by atoms with Crippen molar-refractivity contribution in [1.82, 2.24) is 4.98 Å². The second kappa shape index (κ2) is 10.3. The van der Waals surface area contributed by atoms with Crippen molar-refractivity contribution in [3.63, 3.8) is 0 Å². The monoisotopic (exact) mass is 437 g/mol. The smallest absolute Gasteiger partial charge is 0.0965 e. The highest BCUT2D eigenvalue weighted by Gasteiger charge is 2.14. The van der Waals surface area contributed by atoms with Crippen molar-refractivity contribution >= 4 is 22.8 Å². The van der Waals surface area contributed by atoms with Crippen LogP contribution in [0.2, 0.25) is 0 Å². The zero-order valence-electron chi connectivity index (χ0n) is 18.6. The molecule has 0 bridgehead atoms. The Kier molecular flexibility index (Phi) is 6.45. The standard InChI is InChI=1S/C31H23N3/c1-5-14-24(15-6-1)30(32-26-18-9-3-10-19-26)28-22-13-23-29(34-28)31(25-16-7-2-8-17-25)33-27-20-11-4-12-21-27/h1-23H/b32-30+,33-31+. The molecule has 3 heteroatoms. The van der Waals surface area contributed by atoms with Gasteiger partial charge < -0.3 is 0 Å². The van der Waals surface area contributed by atoms with Crippen molar-refractivity contribution in [2.45, 2.75) is 0 Å². The van der Waals surface area contributed by atoms with E-state index in [2.05, 4.69) is 24.3 Å². The van der Waals surface area contributed by atoms with Crippen LogP contribution in [0.5, 0.6) is 0 Å². The van der Waals surface area contributed by atoms with E-state index in [1.807, 2.05) is 115 Å². The van der Waals surface area contributed by atoms with Gasteiger partial charge in [-0.05, 0) is 36.4 Å². The van der Waals surface area contributed by atoms with E-state index in [9.17, 15) is 0 Å². The third kappa shape index (κ3) is 5.05. The predicted octanol–water partition coefficient (Wildman–Crippen LogP) is 7.42. The summed E-state index contributed by atoms with van der Waals surface area (Å²) in [5.74, 6) is 0. The quantitative estimate of drug-likeness (QED) is 0.255. The van der Waals surface area contributed by atoms with Crippen LogP contribution in [-0.2, 0) is 0 Å². The average molecular weight is 438 g/mol. The molecule has 1 aromatic heterocycles. The Balaban J connectivity index is 1.66. The van der Waals surface area contributed by atoms with Gasteiger partial charge in [0.2, 0.25) is 0 Å². The lowest BCUT2D eigenvalue weighted by Crippen LogP contribution is -2.11. The van der Waals surface area contributed by atoms with Gasteiger partial charge in [0.15, 0.2) is 0 Å². The van der Waals surface area contributed by atoms with Crippen LogP contribution in [0.1, 0.15) is 22.5 Å². The summed E-state index contributed by atoms with van der Waals surface area (Å²) in [6, 6.07) is 46.3. The molecule has 0 atom stereocenters. The molecule has 3 nitrogen and oxygen atoms in total. The van der Waals surface area contributed by atoms with Crippen molar-refractivity contribution < 1.29 is 0 Å². The molecule has 0 N–H and O–H groups in total. The number of aliphatic imine (C=N–C) groups is 2. The second-order valence-electron chi connectivity index (χ2n) is 7.73. The van der Waals surface area contributed by atoms with Crippen molar-refractivity contribution in [2.75, 3.05) is 0 Å². The van der Waals surface area contributed by atoms with Crippen LogP contribution in [0.4, 0.5) is 11.4 Å². The molecule has 1 heterocycles. The Morgan fingerprint density at radius 1 is 0.382 bits per heavy atom. The van der Waals surface area contributed by atoms with Gasteiger partial charge in [-0.3, -0.25) is 0 Å². The molecule has 162 valence electrons. The van der Waals surface area contributed by atoms with Gasteiger partial charge in [0.05, 0.1) is 34.2 Å². The third-order valence-corrected chi connectivity index (χ3v) is 5.32. The molecule has 5 aromatic rings. The summed E-state index contributed by atoms with van der Waals surface area (Å²) < 4.78 is 0. The molecule has 0 saturated carbocycles. The minimum absolute atomic E-state index is 0.796. The van der Waals surface area contributed by atoms with Crippen LogP contribution in [-0.4, -0.2) is 16.4 Å². The van der Waals surface area contributed by atoms with Gasteiger partial charge >= 0.3 is 0 Å². The molecule has 4 aromatic carbocycles. The fourth-order valence-corrected chi connectivity index (χ4v) is 3.69. The molecule has 0 saturated heterocycles. The minimum atomic E-state index is 0.796. The van der Waals surface area contributed by atoms with Gasteiger partial charge in [0.25, 0.3) is 0 Å². The largest absolute Gasteiger partial charge is 0.246 e. The van der Waals surface area contributed by atoms with Gasteiger partial charge in [0.1, 0.15) is 0 Å². The maximum absolute atomic E-state index is 5.06. The number of hydrogen-bond acceptors (Lipinski definition) is 3. The van der Waals surface area contributed by atoms with E-state index in [0.29, 0.717) is 0 Å². The van der Waals surface area contributed by atoms with Crippen molar-refractivity contribution in [2.24, 2.45) is 9.98 Å². The number of pyridine rings is 1. The summed E-state index contributed by atoms with van der Waals surface area (Å²) >= 11 is 0. The summed E-state index contributed by atoms with van der Waals surface area (Å²) in [5.41, 5.74) is 7.02. The topological polar surface area (TPSA) is 37.6 Å². The molecule has 0 aliphatic rings. The normalized spacial score (nSPS) is 11.9. The Bertz CT molecular complexity index is 1300. The lowest BCUT2D eigenvalue weighted by atomic mass is 10.0. The van der Waals surface area contributed by atoms with Gasteiger partial charge in [-0.15, -0.1) is 0 Å². The van der Waals surface area contributed by atoms with E-state index in [1.54, 1.807) is 0 Å². The Morgan fingerprint density at radius 3 is 1.12 bits per heavy atom. The average Bonchev–Trinajstić information content (AvgIpc) is 2.92. The molecule has 0 fully saturated rings. The summed E-state index contributed by atoms with van der Waals surface area (Å²) in [4.78, 5) is 15.0. The lowest BCUT2D eigenvalue weighted by molar-refractivity contribution is 1.24. The summed E-state index contributed by atoms with van der Waals surface area (Å²) in [6.45, 7) is 0. The lowest BCUT2D eigenvalue weighted by Gasteiger charge is -2.11. The van der Waals surface area contributed by atoms with Crippen LogP contribution < -0.4 is 0 Å². The maximum atomic E-state index is 5.06. The molecule has 0 unspecified atom stereocenters. The highest BCUT2D eigenvalue weighted by Crippen LogP contribution is 2.20. The fourth-order valence-electron chi connectivity index (χ4n) is 3.69. The van der Waals surface area contributed by atoms with Crippen LogP contribution in [0.15, 0.2) is 150 Å². The highest BCUT2D eigenvalue weighted by molar-refractivity contribution is 6.15. The Hall–Kier alpha value is -4.63. The molecule has 0 aliphatic carbocycles. The van der Waals surface area contributed by atoms with Gasteiger partial charge in [-0.2, -0.15) is 0 Å².